The smallest absolute Gasteiger partial charge is 0.407 e. The van der Waals surface area contributed by atoms with Crippen LogP contribution in [0.2, 0.25) is 0 Å². The van der Waals surface area contributed by atoms with E-state index < -0.39 is 43.2 Å². The van der Waals surface area contributed by atoms with Gasteiger partial charge in [0.15, 0.2) is 6.10 Å². The Kier molecular flexibility index (Phi) is 10.0. The second-order valence-electron chi connectivity index (χ2n) is 8.47. The maximum Gasteiger partial charge on any atom is 0.407 e. The molecule has 184 valence electrons. The van der Waals surface area contributed by atoms with Gasteiger partial charge in [-0.3, -0.25) is 23.4 Å². The van der Waals surface area contributed by atoms with Crippen LogP contribution >= 0.6 is 7.75 Å². The SMILES string of the molecule is COC(=O)CCNC(=O)[C@@H]1O[P@](=O)(N[C@@H](C)C(=O)OCCCc2ccccc2)OCC1(C)C. The number of carbonyl (C=O) groups is 3. The average molecular weight is 484 g/mol. The molecule has 0 spiro atoms. The standard InChI is InChI=1S/C22H33N2O8P/c1-16(21(27)30-14-8-11-17-9-6-5-7-10-17)24-33(28)31-15-22(2,3)19(32-33)20(26)23-13-12-18(25)29-4/h5-7,9-10,16,19H,8,11-15H2,1-4H3,(H,23,26)(H,24,28)/t16-,19-,33-/m0/s1. The molecule has 33 heavy (non-hydrogen) atoms. The average Bonchev–Trinajstić information content (AvgIpc) is 2.78. The Morgan fingerprint density at radius 1 is 1.24 bits per heavy atom. The van der Waals surface area contributed by atoms with Crippen LogP contribution in [0.5, 0.6) is 0 Å². The Morgan fingerprint density at radius 3 is 2.61 bits per heavy atom. The molecule has 1 aromatic carbocycles. The minimum atomic E-state index is -3.96. The van der Waals surface area contributed by atoms with Crippen LogP contribution in [0, 0.1) is 5.41 Å². The van der Waals surface area contributed by atoms with Gasteiger partial charge in [-0.2, -0.15) is 0 Å². The molecule has 1 heterocycles. The highest BCUT2D eigenvalue weighted by Gasteiger charge is 2.48. The third-order valence-corrected chi connectivity index (χ3v) is 6.72. The zero-order valence-electron chi connectivity index (χ0n) is 19.5. The number of amides is 1. The van der Waals surface area contributed by atoms with Crippen LogP contribution in [0.25, 0.3) is 0 Å². The number of esters is 2. The van der Waals surface area contributed by atoms with Gasteiger partial charge in [0.05, 0.1) is 26.7 Å². The zero-order valence-corrected chi connectivity index (χ0v) is 20.4. The van der Waals surface area contributed by atoms with E-state index >= 15 is 0 Å². The molecule has 10 nitrogen and oxygen atoms in total. The quantitative estimate of drug-likeness (QED) is 0.276. The van der Waals surface area contributed by atoms with Gasteiger partial charge in [0, 0.05) is 12.0 Å². The molecule has 0 saturated carbocycles. The van der Waals surface area contributed by atoms with Gasteiger partial charge in [-0.15, -0.1) is 0 Å². The van der Waals surface area contributed by atoms with Crippen LogP contribution in [0.1, 0.15) is 39.2 Å². The van der Waals surface area contributed by atoms with Crippen LogP contribution in [0.15, 0.2) is 30.3 Å². The molecule has 1 aromatic rings. The Balaban J connectivity index is 1.84. The summed E-state index contributed by atoms with van der Waals surface area (Å²) >= 11 is 0. The number of hydrogen-bond acceptors (Lipinski definition) is 8. The fourth-order valence-corrected chi connectivity index (χ4v) is 5.04. The van der Waals surface area contributed by atoms with Gasteiger partial charge in [-0.25, -0.2) is 9.65 Å². The fourth-order valence-electron chi connectivity index (χ4n) is 3.10. The molecule has 0 unspecified atom stereocenters. The van der Waals surface area contributed by atoms with Gasteiger partial charge in [-0.1, -0.05) is 44.2 Å². The van der Waals surface area contributed by atoms with Crippen molar-refractivity contribution in [3.8, 4) is 0 Å². The summed E-state index contributed by atoms with van der Waals surface area (Å²) in [4.78, 5) is 36.1. The molecule has 0 aromatic heterocycles. The first kappa shape index (κ1) is 27.0. The summed E-state index contributed by atoms with van der Waals surface area (Å²) in [6, 6.07) is 8.85. The second-order valence-corrected chi connectivity index (χ2v) is 10.2. The van der Waals surface area contributed by atoms with Crippen molar-refractivity contribution in [2.45, 2.75) is 52.2 Å². The third kappa shape index (κ3) is 8.55. The molecule has 1 aliphatic rings. The van der Waals surface area contributed by atoms with Gasteiger partial charge in [0.25, 0.3) is 0 Å². The van der Waals surface area contributed by atoms with Crippen molar-refractivity contribution < 1.29 is 37.5 Å². The van der Waals surface area contributed by atoms with E-state index in [0.717, 1.165) is 12.0 Å². The van der Waals surface area contributed by atoms with Crippen LogP contribution in [-0.2, 0) is 43.9 Å². The minimum absolute atomic E-state index is 0.00501. The van der Waals surface area contributed by atoms with Gasteiger partial charge < -0.3 is 14.8 Å². The summed E-state index contributed by atoms with van der Waals surface area (Å²) in [6.07, 6.45) is 0.295. The van der Waals surface area contributed by atoms with Crippen LogP contribution in [0.3, 0.4) is 0 Å². The first-order chi connectivity index (χ1) is 15.6. The summed E-state index contributed by atoms with van der Waals surface area (Å²) in [6.45, 7) is 5.16. The van der Waals surface area contributed by atoms with Gasteiger partial charge in [-0.05, 0) is 25.3 Å². The van der Waals surface area contributed by atoms with Gasteiger partial charge in [0.1, 0.15) is 6.04 Å². The molecule has 1 aliphatic heterocycles. The Morgan fingerprint density at radius 2 is 1.94 bits per heavy atom. The molecule has 2 rings (SSSR count). The summed E-state index contributed by atoms with van der Waals surface area (Å²) in [7, 11) is -2.70. The van der Waals surface area contributed by atoms with Crippen molar-refractivity contribution in [2.75, 3.05) is 26.9 Å². The van der Waals surface area contributed by atoms with Crippen molar-refractivity contribution >= 4 is 25.6 Å². The number of aryl methyl sites for hydroxylation is 1. The number of ether oxygens (including phenoxy) is 2. The molecule has 1 amide bonds. The summed E-state index contributed by atoms with van der Waals surface area (Å²) in [5, 5.41) is 5.12. The van der Waals surface area contributed by atoms with Crippen molar-refractivity contribution in [3.63, 3.8) is 0 Å². The topological polar surface area (TPSA) is 129 Å². The second kappa shape index (κ2) is 12.3. The largest absolute Gasteiger partial charge is 0.469 e. The monoisotopic (exact) mass is 484 g/mol. The van der Waals surface area contributed by atoms with E-state index in [2.05, 4.69) is 15.1 Å². The first-order valence-electron chi connectivity index (χ1n) is 10.8. The number of rotatable bonds is 11. The van der Waals surface area contributed by atoms with E-state index in [1.165, 1.54) is 14.0 Å². The number of benzene rings is 1. The molecule has 1 saturated heterocycles. The predicted octanol–water partition coefficient (Wildman–Crippen LogP) is 2.37. The summed E-state index contributed by atoms with van der Waals surface area (Å²) in [5.41, 5.74) is 0.359. The molecule has 11 heteroatoms. The van der Waals surface area contributed by atoms with Crippen LogP contribution in [0.4, 0.5) is 0 Å². The number of hydrogen-bond donors (Lipinski definition) is 2. The van der Waals surface area contributed by atoms with Crippen LogP contribution in [-0.4, -0.2) is 56.9 Å². The normalized spacial score (nSPS) is 22.7. The fraction of sp³-hybridized carbons (Fsp3) is 0.591. The summed E-state index contributed by atoms with van der Waals surface area (Å²) in [5.74, 6) is -1.61. The molecule has 2 N–H and O–H groups in total. The Labute approximate surface area is 194 Å². The van der Waals surface area contributed by atoms with Gasteiger partial charge in [0.2, 0.25) is 5.91 Å². The zero-order chi connectivity index (χ0) is 24.5. The number of nitrogens with one attached hydrogen (secondary N) is 2. The molecule has 3 atom stereocenters. The van der Waals surface area contributed by atoms with E-state index in [-0.39, 0.29) is 26.2 Å². The Hall–Kier alpha value is -2.26. The highest BCUT2D eigenvalue weighted by Crippen LogP contribution is 2.53. The summed E-state index contributed by atoms with van der Waals surface area (Å²) < 4.78 is 33.8. The molecule has 1 fully saturated rings. The highest BCUT2D eigenvalue weighted by atomic mass is 31.2. The van der Waals surface area contributed by atoms with Crippen molar-refractivity contribution in [1.82, 2.24) is 10.4 Å². The van der Waals surface area contributed by atoms with E-state index in [1.807, 2.05) is 30.3 Å². The first-order valence-corrected chi connectivity index (χ1v) is 12.4. The minimum Gasteiger partial charge on any atom is -0.469 e. The molecular weight excluding hydrogens is 451 g/mol. The maximum absolute atomic E-state index is 13.1. The molecule has 0 bridgehead atoms. The van der Waals surface area contributed by atoms with E-state index in [0.29, 0.717) is 6.42 Å². The molecular formula is C22H33N2O8P. The van der Waals surface area contributed by atoms with Crippen molar-refractivity contribution in [1.29, 1.82) is 0 Å². The number of methoxy groups -OCH3 is 1. The molecule has 0 radical (unpaired) electrons. The lowest BCUT2D eigenvalue weighted by atomic mass is 9.87. The van der Waals surface area contributed by atoms with Gasteiger partial charge >= 0.3 is 19.7 Å². The lowest BCUT2D eigenvalue weighted by Crippen LogP contribution is -2.51. The van der Waals surface area contributed by atoms with Crippen LogP contribution < -0.4 is 10.4 Å². The number of carbonyl (C=O) groups excluding carboxylic acids is 3. The molecule has 0 aliphatic carbocycles. The highest BCUT2D eigenvalue weighted by molar-refractivity contribution is 7.51. The van der Waals surface area contributed by atoms with E-state index in [1.54, 1.807) is 13.8 Å². The Bertz CT molecular complexity index is 861. The predicted molar refractivity (Wildman–Crippen MR) is 120 cm³/mol. The van der Waals surface area contributed by atoms with E-state index in [9.17, 15) is 18.9 Å². The van der Waals surface area contributed by atoms with Crippen molar-refractivity contribution in [2.24, 2.45) is 5.41 Å². The lowest BCUT2D eigenvalue weighted by molar-refractivity contribution is -0.145. The lowest BCUT2D eigenvalue weighted by Gasteiger charge is -2.40. The third-order valence-electron chi connectivity index (χ3n) is 5.06. The maximum atomic E-state index is 13.1. The van der Waals surface area contributed by atoms with Crippen molar-refractivity contribution in [3.05, 3.63) is 35.9 Å². The van der Waals surface area contributed by atoms with E-state index in [4.69, 9.17) is 13.8 Å².